The summed E-state index contributed by atoms with van der Waals surface area (Å²) < 4.78 is 1.14. The molecule has 1 unspecified atom stereocenters. The number of thiophene rings is 1. The summed E-state index contributed by atoms with van der Waals surface area (Å²) >= 11 is 2.89. The van der Waals surface area contributed by atoms with Crippen LogP contribution in [0.25, 0.3) is 10.2 Å². The van der Waals surface area contributed by atoms with Crippen molar-refractivity contribution in [3.63, 3.8) is 0 Å². The van der Waals surface area contributed by atoms with E-state index in [1.165, 1.54) is 16.2 Å². The maximum atomic E-state index is 13.0. The zero-order valence-electron chi connectivity index (χ0n) is 17.0. The second kappa shape index (κ2) is 7.56. The highest BCUT2D eigenvalue weighted by Gasteiger charge is 2.32. The van der Waals surface area contributed by atoms with Crippen molar-refractivity contribution < 1.29 is 4.79 Å². The SMILES string of the molecule is CCc1nnc(NC(=O)Cn2nnc3sc4c(c3c2=O)CCC(C(C)(C)C)C4)s1. The standard InChI is InChI=1S/C19H24N6O2S2/c1-5-14-21-23-18(29-14)20-13(26)9-25-17(27)15-11-7-6-10(19(2,3)4)8-12(11)28-16(15)22-24-25/h10H,5-9H2,1-4H3,(H,20,23,26). The molecule has 0 radical (unpaired) electrons. The van der Waals surface area contributed by atoms with E-state index in [9.17, 15) is 9.59 Å². The van der Waals surface area contributed by atoms with E-state index in [-0.39, 0.29) is 23.4 Å². The van der Waals surface area contributed by atoms with Gasteiger partial charge in [-0.25, -0.2) is 4.68 Å². The van der Waals surface area contributed by atoms with Crippen molar-refractivity contribution in [1.29, 1.82) is 0 Å². The molecule has 0 saturated carbocycles. The van der Waals surface area contributed by atoms with E-state index in [1.54, 1.807) is 11.3 Å². The average molecular weight is 433 g/mol. The quantitative estimate of drug-likeness (QED) is 0.680. The molecule has 1 amide bonds. The van der Waals surface area contributed by atoms with Crippen LogP contribution < -0.4 is 10.9 Å². The summed E-state index contributed by atoms with van der Waals surface area (Å²) in [6.45, 7) is 8.58. The first-order valence-corrected chi connectivity index (χ1v) is 11.4. The molecule has 1 aliphatic rings. The van der Waals surface area contributed by atoms with Crippen molar-refractivity contribution >= 4 is 43.9 Å². The van der Waals surface area contributed by atoms with Crippen LogP contribution >= 0.6 is 22.7 Å². The molecule has 8 nitrogen and oxygen atoms in total. The van der Waals surface area contributed by atoms with Crippen molar-refractivity contribution in [2.75, 3.05) is 5.32 Å². The van der Waals surface area contributed by atoms with Gasteiger partial charge in [0.1, 0.15) is 11.6 Å². The molecule has 0 saturated heterocycles. The van der Waals surface area contributed by atoms with Gasteiger partial charge in [-0.3, -0.25) is 14.9 Å². The first-order valence-electron chi connectivity index (χ1n) is 9.76. The lowest BCUT2D eigenvalue weighted by Gasteiger charge is -2.33. The zero-order valence-corrected chi connectivity index (χ0v) is 18.6. The predicted octanol–water partition coefficient (Wildman–Crippen LogP) is 3.06. The Morgan fingerprint density at radius 2 is 2.03 bits per heavy atom. The number of anilines is 1. The molecule has 0 aliphatic heterocycles. The fraction of sp³-hybridized carbons (Fsp3) is 0.579. The van der Waals surface area contributed by atoms with Crippen LogP contribution in [0, 0.1) is 11.3 Å². The molecule has 1 aliphatic carbocycles. The lowest BCUT2D eigenvalue weighted by molar-refractivity contribution is -0.117. The van der Waals surface area contributed by atoms with Crippen LogP contribution in [0.4, 0.5) is 5.13 Å². The molecule has 154 valence electrons. The smallest absolute Gasteiger partial charge is 0.279 e. The Morgan fingerprint density at radius 3 is 2.72 bits per heavy atom. The molecule has 1 N–H and O–H groups in total. The normalized spacial score (nSPS) is 16.8. The number of carbonyl (C=O) groups excluding carboxylic acids is 1. The van der Waals surface area contributed by atoms with Gasteiger partial charge in [-0.15, -0.1) is 26.6 Å². The van der Waals surface area contributed by atoms with E-state index >= 15 is 0 Å². The summed E-state index contributed by atoms with van der Waals surface area (Å²) in [6, 6.07) is 0. The molecule has 3 heterocycles. The number of rotatable bonds is 4. The lowest BCUT2D eigenvalue weighted by atomic mass is 9.72. The third-order valence-electron chi connectivity index (χ3n) is 5.47. The highest BCUT2D eigenvalue weighted by molar-refractivity contribution is 7.18. The summed E-state index contributed by atoms with van der Waals surface area (Å²) in [7, 11) is 0. The molecule has 1 atom stereocenters. The molecule has 10 heteroatoms. The Kier molecular flexibility index (Phi) is 5.24. The molecule has 4 rings (SSSR count). The number of hydrogen-bond donors (Lipinski definition) is 1. The van der Waals surface area contributed by atoms with Gasteiger partial charge in [0.25, 0.3) is 5.56 Å². The topological polar surface area (TPSA) is 103 Å². The van der Waals surface area contributed by atoms with E-state index in [1.807, 2.05) is 6.92 Å². The average Bonchev–Trinajstić information content (AvgIpc) is 3.26. The van der Waals surface area contributed by atoms with Crippen molar-refractivity contribution in [2.45, 2.75) is 59.9 Å². The lowest BCUT2D eigenvalue weighted by Crippen LogP contribution is -2.31. The Hall–Kier alpha value is -2.20. The van der Waals surface area contributed by atoms with Gasteiger partial charge in [0, 0.05) is 4.88 Å². The van der Waals surface area contributed by atoms with Crippen molar-refractivity contribution in [1.82, 2.24) is 25.2 Å². The second-order valence-corrected chi connectivity index (χ2v) is 10.6. The molecule has 0 aromatic carbocycles. The van der Waals surface area contributed by atoms with Gasteiger partial charge in [-0.05, 0) is 42.6 Å². The third kappa shape index (κ3) is 3.95. The van der Waals surface area contributed by atoms with Gasteiger partial charge in [0.15, 0.2) is 4.83 Å². The van der Waals surface area contributed by atoms with Gasteiger partial charge in [-0.2, -0.15) is 0 Å². The number of nitrogens with zero attached hydrogens (tertiary/aromatic N) is 5. The summed E-state index contributed by atoms with van der Waals surface area (Å²) in [6.07, 6.45) is 3.65. The number of carbonyl (C=O) groups is 1. The highest BCUT2D eigenvalue weighted by Crippen LogP contribution is 2.41. The monoisotopic (exact) mass is 432 g/mol. The largest absolute Gasteiger partial charge is 0.299 e. The van der Waals surface area contributed by atoms with E-state index < -0.39 is 0 Å². The number of nitrogens with one attached hydrogen (secondary N) is 1. The Morgan fingerprint density at radius 1 is 1.24 bits per heavy atom. The van der Waals surface area contributed by atoms with E-state index in [0.717, 1.165) is 40.9 Å². The van der Waals surface area contributed by atoms with Crippen LogP contribution in [0.15, 0.2) is 4.79 Å². The number of aryl methyl sites for hydroxylation is 2. The van der Waals surface area contributed by atoms with E-state index in [0.29, 0.717) is 21.3 Å². The van der Waals surface area contributed by atoms with Gasteiger partial charge >= 0.3 is 0 Å². The minimum atomic E-state index is -0.364. The van der Waals surface area contributed by atoms with E-state index in [4.69, 9.17) is 0 Å². The number of aromatic nitrogens is 5. The van der Waals surface area contributed by atoms with Crippen LogP contribution in [0.5, 0.6) is 0 Å². The van der Waals surface area contributed by atoms with E-state index in [2.05, 4.69) is 46.6 Å². The molecular weight excluding hydrogens is 408 g/mol. The van der Waals surface area contributed by atoms with Gasteiger partial charge in [0.05, 0.1) is 5.39 Å². The first kappa shape index (κ1) is 20.1. The van der Waals surface area contributed by atoms with Gasteiger partial charge in [0.2, 0.25) is 11.0 Å². The zero-order chi connectivity index (χ0) is 20.8. The fourth-order valence-corrected chi connectivity index (χ4v) is 5.64. The third-order valence-corrected chi connectivity index (χ3v) is 7.59. The Bertz CT molecular complexity index is 1120. The molecule has 29 heavy (non-hydrogen) atoms. The summed E-state index contributed by atoms with van der Waals surface area (Å²) in [5, 5.41) is 20.7. The van der Waals surface area contributed by atoms with Crippen LogP contribution in [-0.2, 0) is 30.6 Å². The molecule has 0 bridgehead atoms. The minimum absolute atomic E-state index is 0.196. The van der Waals surface area contributed by atoms with Crippen LogP contribution in [0.2, 0.25) is 0 Å². The maximum absolute atomic E-state index is 13.0. The van der Waals surface area contributed by atoms with Gasteiger partial charge < -0.3 is 0 Å². The van der Waals surface area contributed by atoms with Crippen LogP contribution in [0.3, 0.4) is 0 Å². The van der Waals surface area contributed by atoms with Crippen molar-refractivity contribution in [3.8, 4) is 0 Å². The predicted molar refractivity (Wildman–Crippen MR) is 115 cm³/mol. The summed E-state index contributed by atoms with van der Waals surface area (Å²) in [5.74, 6) is 0.223. The van der Waals surface area contributed by atoms with Crippen LogP contribution in [0.1, 0.15) is 49.6 Å². The molecular formula is C19H24N6O2S2. The number of fused-ring (bicyclic) bond motifs is 3. The second-order valence-electron chi connectivity index (χ2n) is 8.44. The van der Waals surface area contributed by atoms with Gasteiger partial charge in [-0.1, -0.05) is 44.2 Å². The Labute approximate surface area is 176 Å². The fourth-order valence-electron chi connectivity index (χ4n) is 3.71. The molecule has 3 aromatic heterocycles. The van der Waals surface area contributed by atoms with Crippen molar-refractivity contribution in [2.24, 2.45) is 11.3 Å². The maximum Gasteiger partial charge on any atom is 0.279 e. The highest BCUT2D eigenvalue weighted by atomic mass is 32.1. The number of amides is 1. The number of hydrogen-bond acceptors (Lipinski definition) is 8. The molecule has 3 aromatic rings. The van der Waals surface area contributed by atoms with Crippen molar-refractivity contribution in [3.05, 3.63) is 25.8 Å². The first-order chi connectivity index (χ1) is 13.8. The molecule has 0 spiro atoms. The summed E-state index contributed by atoms with van der Waals surface area (Å²) in [4.78, 5) is 27.3. The Balaban J connectivity index is 1.58. The summed E-state index contributed by atoms with van der Waals surface area (Å²) in [5.41, 5.74) is 1.08. The van der Waals surface area contributed by atoms with Crippen LogP contribution in [-0.4, -0.2) is 31.1 Å². The molecule has 0 fully saturated rings. The minimum Gasteiger partial charge on any atom is -0.299 e.